The second kappa shape index (κ2) is 13.2. The van der Waals surface area contributed by atoms with Gasteiger partial charge in [0.2, 0.25) is 0 Å². The molecule has 12 heteroatoms. The molecule has 46 heavy (non-hydrogen) atoms. The number of rotatable bonds is 8. The predicted octanol–water partition coefficient (Wildman–Crippen LogP) is 8.85. The highest BCUT2D eigenvalue weighted by Gasteiger charge is 2.33. The first-order valence-electron chi connectivity index (χ1n) is 15.2. The van der Waals surface area contributed by atoms with Crippen molar-refractivity contribution in [3.05, 3.63) is 89.5 Å². The third-order valence-electron chi connectivity index (χ3n) is 8.52. The number of hydrogen-bond donors (Lipinski definition) is 1. The molecule has 0 bridgehead atoms. The minimum Gasteiger partial charge on any atom is -0.366 e. The largest absolute Gasteiger partial charge is 0.446 e. The zero-order chi connectivity index (χ0) is 32.5. The summed E-state index contributed by atoms with van der Waals surface area (Å²) in [4.78, 5) is 23.4. The molecule has 1 atom stereocenters. The monoisotopic (exact) mass is 658 g/mol. The number of hydrogen-bond acceptors (Lipinski definition) is 5. The van der Waals surface area contributed by atoms with E-state index >= 15 is 0 Å². The smallest absolute Gasteiger partial charge is 0.366 e. The minimum atomic E-state index is -4.42. The number of amides is 1. The Balaban J connectivity index is 1.32. The molecule has 0 saturated carbocycles. The van der Waals surface area contributed by atoms with Gasteiger partial charge in [-0.3, -0.25) is 4.79 Å². The van der Waals surface area contributed by atoms with Crippen LogP contribution in [0.1, 0.15) is 47.2 Å². The molecule has 5 nitrogen and oxygen atoms in total. The number of alkyl halides is 6. The van der Waals surface area contributed by atoms with Crippen LogP contribution in [0.5, 0.6) is 0 Å². The third kappa shape index (κ3) is 7.60. The van der Waals surface area contributed by atoms with Crippen molar-refractivity contribution in [1.82, 2.24) is 14.8 Å². The molecule has 0 aliphatic carbocycles. The molecule has 1 aromatic heterocycles. The van der Waals surface area contributed by atoms with Gasteiger partial charge in [-0.25, -0.2) is 4.98 Å². The van der Waals surface area contributed by atoms with Crippen molar-refractivity contribution in [1.29, 1.82) is 0 Å². The number of nitrogens with one attached hydrogen (secondary N) is 1. The van der Waals surface area contributed by atoms with Gasteiger partial charge in [0.1, 0.15) is 5.82 Å². The van der Waals surface area contributed by atoms with E-state index in [1.807, 2.05) is 11.0 Å². The lowest BCUT2D eigenvalue weighted by molar-refractivity contribution is -0.137. The van der Waals surface area contributed by atoms with Gasteiger partial charge < -0.3 is 15.1 Å². The van der Waals surface area contributed by atoms with Gasteiger partial charge in [0.15, 0.2) is 0 Å². The molecule has 6 rings (SSSR count). The number of thioether (sulfide) groups is 1. The molecule has 1 N–H and O–H groups in total. The first-order valence-corrected chi connectivity index (χ1v) is 16.0. The number of aromatic nitrogens is 1. The van der Waals surface area contributed by atoms with Gasteiger partial charge in [0.25, 0.3) is 5.91 Å². The van der Waals surface area contributed by atoms with Crippen LogP contribution in [0.2, 0.25) is 0 Å². The molecule has 2 saturated heterocycles. The van der Waals surface area contributed by atoms with Crippen LogP contribution < -0.4 is 5.32 Å². The average Bonchev–Trinajstić information content (AvgIpc) is 3.71. The first kappa shape index (κ1) is 32.2. The van der Waals surface area contributed by atoms with Gasteiger partial charge in [0, 0.05) is 36.0 Å². The summed E-state index contributed by atoms with van der Waals surface area (Å²) in [5, 5.41) is 3.79. The highest BCUT2D eigenvalue weighted by Crippen LogP contribution is 2.38. The maximum absolute atomic E-state index is 14.3. The molecule has 4 aromatic rings. The first-order chi connectivity index (χ1) is 21.9. The number of pyridine rings is 1. The van der Waals surface area contributed by atoms with Crippen molar-refractivity contribution in [3.63, 3.8) is 0 Å². The second-order valence-corrected chi connectivity index (χ2v) is 12.8. The van der Waals surface area contributed by atoms with Crippen LogP contribution in [-0.2, 0) is 12.7 Å². The quantitative estimate of drug-likeness (QED) is 0.152. The van der Waals surface area contributed by atoms with E-state index < -0.39 is 17.2 Å². The van der Waals surface area contributed by atoms with Crippen LogP contribution in [0.15, 0.2) is 77.7 Å². The number of fused-ring (bicyclic) bond motifs is 1. The number of carbonyl (C=O) groups is 1. The summed E-state index contributed by atoms with van der Waals surface area (Å²) in [5.41, 5.74) is -2.08. The van der Waals surface area contributed by atoms with E-state index in [1.54, 1.807) is 30.3 Å². The van der Waals surface area contributed by atoms with Crippen molar-refractivity contribution < 1.29 is 31.1 Å². The van der Waals surface area contributed by atoms with Crippen LogP contribution in [0.3, 0.4) is 0 Å². The summed E-state index contributed by atoms with van der Waals surface area (Å²) in [7, 11) is 0. The van der Waals surface area contributed by atoms with E-state index in [2.05, 4.69) is 10.2 Å². The van der Waals surface area contributed by atoms with E-state index in [0.717, 1.165) is 63.0 Å². The fraction of sp³-hybridized carbons (Fsp3) is 0.353. The maximum atomic E-state index is 14.3. The standard InChI is InChI=1S/C34H32F6N4OS/c35-33(36,37)25-10-5-22(6-11-25)20-41-31-19-29(32(45)44-17-3-4-26(44)21-43-15-1-2-16-43)28-18-24(9-14-30(28)42-31)23-7-12-27(13-8-23)46-34(38,39)40/h5-14,18-19,26H,1-4,15-17,20-21H2,(H,41,42)/t26-/m0/s1. The molecule has 2 aliphatic rings. The summed E-state index contributed by atoms with van der Waals surface area (Å²) >= 11 is -0.175. The lowest BCUT2D eigenvalue weighted by atomic mass is 10.00. The Hall–Kier alpha value is -3.77. The van der Waals surface area contributed by atoms with E-state index in [0.29, 0.717) is 40.0 Å². The molecule has 0 radical (unpaired) electrons. The van der Waals surface area contributed by atoms with Crippen molar-refractivity contribution in [2.45, 2.75) is 54.8 Å². The molecule has 1 amide bonds. The summed E-state index contributed by atoms with van der Waals surface area (Å²) < 4.78 is 77.6. The Morgan fingerprint density at radius 3 is 2.22 bits per heavy atom. The van der Waals surface area contributed by atoms with Gasteiger partial charge >= 0.3 is 11.7 Å². The second-order valence-electron chi connectivity index (χ2n) is 11.7. The molecule has 0 spiro atoms. The Labute approximate surface area is 267 Å². The topological polar surface area (TPSA) is 48.5 Å². The number of anilines is 1. The Kier molecular flexibility index (Phi) is 9.20. The summed E-state index contributed by atoms with van der Waals surface area (Å²) in [6.45, 7) is 3.71. The molecular formula is C34H32F6N4OS. The van der Waals surface area contributed by atoms with Crippen LogP contribution in [0.4, 0.5) is 32.2 Å². The number of benzene rings is 3. The normalized spacial score (nSPS) is 17.6. The van der Waals surface area contributed by atoms with Crippen LogP contribution in [0, 0.1) is 0 Å². The van der Waals surface area contributed by atoms with Crippen LogP contribution in [-0.4, -0.2) is 58.4 Å². The number of carbonyl (C=O) groups excluding carboxylic acids is 1. The fourth-order valence-electron chi connectivity index (χ4n) is 6.24. The van der Waals surface area contributed by atoms with Crippen molar-refractivity contribution >= 4 is 34.4 Å². The highest BCUT2D eigenvalue weighted by atomic mass is 32.2. The van der Waals surface area contributed by atoms with Gasteiger partial charge in [-0.2, -0.15) is 26.3 Å². The van der Waals surface area contributed by atoms with Crippen molar-refractivity contribution in [2.75, 3.05) is 31.5 Å². The molecular weight excluding hydrogens is 626 g/mol. The van der Waals surface area contributed by atoms with Crippen LogP contribution >= 0.6 is 11.8 Å². The number of likely N-dealkylation sites (tertiary alicyclic amines) is 2. The molecule has 2 aliphatic heterocycles. The van der Waals surface area contributed by atoms with Gasteiger partial charge in [-0.1, -0.05) is 30.3 Å². The minimum absolute atomic E-state index is 0.0800. The van der Waals surface area contributed by atoms with E-state index in [1.165, 1.54) is 24.3 Å². The maximum Gasteiger partial charge on any atom is 0.446 e. The van der Waals surface area contributed by atoms with Gasteiger partial charge in [-0.05, 0) is 110 Å². The number of halogens is 6. The zero-order valence-corrected chi connectivity index (χ0v) is 25.6. The highest BCUT2D eigenvalue weighted by molar-refractivity contribution is 8.00. The van der Waals surface area contributed by atoms with Crippen molar-refractivity contribution in [2.24, 2.45) is 0 Å². The third-order valence-corrected chi connectivity index (χ3v) is 9.26. The predicted molar refractivity (Wildman–Crippen MR) is 168 cm³/mol. The molecule has 3 heterocycles. The molecule has 2 fully saturated rings. The Bertz CT molecular complexity index is 1690. The zero-order valence-electron chi connectivity index (χ0n) is 24.8. The molecule has 0 unspecified atom stereocenters. The fourth-order valence-corrected chi connectivity index (χ4v) is 6.78. The summed E-state index contributed by atoms with van der Waals surface area (Å²) in [5.74, 6) is 0.285. The summed E-state index contributed by atoms with van der Waals surface area (Å²) in [6.07, 6.45) is -0.297. The lowest BCUT2D eigenvalue weighted by Gasteiger charge is -2.29. The lowest BCUT2D eigenvalue weighted by Crippen LogP contribution is -2.42. The van der Waals surface area contributed by atoms with Crippen LogP contribution in [0.25, 0.3) is 22.0 Å². The summed E-state index contributed by atoms with van der Waals surface area (Å²) in [6, 6.07) is 18.1. The van der Waals surface area contributed by atoms with E-state index in [9.17, 15) is 31.1 Å². The average molecular weight is 659 g/mol. The molecule has 3 aromatic carbocycles. The molecule has 242 valence electrons. The van der Waals surface area contributed by atoms with E-state index in [-0.39, 0.29) is 35.2 Å². The van der Waals surface area contributed by atoms with Crippen molar-refractivity contribution in [3.8, 4) is 11.1 Å². The van der Waals surface area contributed by atoms with E-state index in [4.69, 9.17) is 4.98 Å². The van der Waals surface area contributed by atoms with Gasteiger partial charge in [-0.15, -0.1) is 0 Å². The SMILES string of the molecule is O=C(c1cc(NCc2ccc(C(F)(F)F)cc2)nc2ccc(-c3ccc(SC(F)(F)F)cc3)cc12)N1CCC[C@H]1CN1CCCC1. The van der Waals surface area contributed by atoms with Gasteiger partial charge in [0.05, 0.1) is 16.6 Å². The number of nitrogens with zero attached hydrogens (tertiary/aromatic N) is 3. The Morgan fingerprint density at radius 2 is 1.54 bits per heavy atom. The Morgan fingerprint density at radius 1 is 0.848 bits per heavy atom.